The highest BCUT2D eigenvalue weighted by atomic mass is 35.5. The van der Waals surface area contributed by atoms with Crippen LogP contribution in [0.2, 0.25) is 5.02 Å². The van der Waals surface area contributed by atoms with Crippen LogP contribution in [0.4, 0.5) is 4.79 Å². The van der Waals surface area contributed by atoms with Crippen LogP contribution < -0.4 is 5.32 Å². The molecule has 6 nitrogen and oxygen atoms in total. The molecule has 0 aliphatic carbocycles. The number of nitrogens with one attached hydrogen (secondary N) is 1. The Labute approximate surface area is 160 Å². The highest BCUT2D eigenvalue weighted by Gasteiger charge is 2.32. The molecule has 1 aromatic rings. The molecule has 0 unspecified atom stereocenters. The fraction of sp³-hybridized carbons (Fsp3) is 0.611. The number of sulfonamides is 1. The molecule has 0 spiro atoms. The summed E-state index contributed by atoms with van der Waals surface area (Å²) in [7, 11) is -3.50. The second-order valence-electron chi connectivity index (χ2n) is 7.53. The van der Waals surface area contributed by atoms with E-state index in [0.29, 0.717) is 23.6 Å². The van der Waals surface area contributed by atoms with E-state index in [1.807, 2.05) is 0 Å². The Morgan fingerprint density at radius 3 is 2.73 bits per heavy atom. The molecule has 0 aromatic heterocycles. The fourth-order valence-corrected chi connectivity index (χ4v) is 5.00. The van der Waals surface area contributed by atoms with Crippen molar-refractivity contribution >= 4 is 27.7 Å². The van der Waals surface area contributed by atoms with Crippen molar-refractivity contribution in [3.63, 3.8) is 0 Å². The molecule has 8 heteroatoms. The lowest BCUT2D eigenvalue weighted by Crippen LogP contribution is -2.50. The number of nitrogens with zero attached hydrogens (tertiary/aromatic N) is 1. The Morgan fingerprint density at radius 2 is 2.08 bits per heavy atom. The summed E-state index contributed by atoms with van der Waals surface area (Å²) < 4.78 is 32.5. The maximum atomic E-state index is 12.9. The maximum absolute atomic E-state index is 12.9. The first-order chi connectivity index (χ1) is 12.1. The van der Waals surface area contributed by atoms with Crippen LogP contribution in [0.25, 0.3) is 0 Å². The van der Waals surface area contributed by atoms with E-state index in [2.05, 4.69) is 5.32 Å². The molecular weight excluding hydrogens is 376 g/mol. The number of carbonyl (C=O) groups excluding carboxylic acids is 1. The van der Waals surface area contributed by atoms with Crippen molar-refractivity contribution in [2.75, 3.05) is 13.1 Å². The predicted molar refractivity (Wildman–Crippen MR) is 103 cm³/mol. The van der Waals surface area contributed by atoms with Crippen molar-refractivity contribution in [1.82, 2.24) is 9.62 Å². The minimum atomic E-state index is -3.50. The van der Waals surface area contributed by atoms with Gasteiger partial charge in [0.15, 0.2) is 0 Å². The third kappa shape index (κ3) is 6.45. The summed E-state index contributed by atoms with van der Waals surface area (Å²) in [5.74, 6) is -0.101. The molecule has 146 valence electrons. The molecule has 0 saturated carbocycles. The fourth-order valence-electron chi connectivity index (χ4n) is 2.98. The molecule has 1 heterocycles. The number of piperidine rings is 1. The van der Waals surface area contributed by atoms with Gasteiger partial charge in [-0.05, 0) is 51.3 Å². The van der Waals surface area contributed by atoms with Crippen molar-refractivity contribution in [3.05, 3.63) is 34.9 Å². The molecule has 1 N–H and O–H groups in total. The van der Waals surface area contributed by atoms with Crippen LogP contribution >= 0.6 is 11.6 Å². The van der Waals surface area contributed by atoms with Gasteiger partial charge in [-0.3, -0.25) is 0 Å². The molecule has 26 heavy (non-hydrogen) atoms. The van der Waals surface area contributed by atoms with E-state index in [9.17, 15) is 13.2 Å². The lowest BCUT2D eigenvalue weighted by atomic mass is 10.1. The molecule has 0 bridgehead atoms. The Bertz CT molecular complexity index is 731. The quantitative estimate of drug-likeness (QED) is 0.817. The van der Waals surface area contributed by atoms with Crippen molar-refractivity contribution in [1.29, 1.82) is 0 Å². The van der Waals surface area contributed by atoms with Crippen LogP contribution in [0.1, 0.15) is 45.6 Å². The summed E-state index contributed by atoms with van der Waals surface area (Å²) in [5, 5.41) is 3.21. The molecule has 2 rings (SSSR count). The normalized spacial score (nSPS) is 19.2. The van der Waals surface area contributed by atoms with Crippen LogP contribution in [-0.2, 0) is 20.5 Å². The second-order valence-corrected chi connectivity index (χ2v) is 9.89. The number of rotatable bonds is 5. The molecule has 1 saturated heterocycles. The van der Waals surface area contributed by atoms with E-state index in [1.54, 1.807) is 45.0 Å². The van der Waals surface area contributed by atoms with Crippen LogP contribution in [0, 0.1) is 0 Å². The molecule has 1 fully saturated rings. The van der Waals surface area contributed by atoms with Crippen LogP contribution in [0.5, 0.6) is 0 Å². The number of alkyl carbamates (subject to hydrolysis) is 1. The van der Waals surface area contributed by atoms with E-state index < -0.39 is 21.7 Å². The van der Waals surface area contributed by atoms with Gasteiger partial charge in [0.05, 0.1) is 5.75 Å². The third-order valence-corrected chi connectivity index (χ3v) is 6.18. The monoisotopic (exact) mass is 402 g/mol. The topological polar surface area (TPSA) is 75.7 Å². The number of amides is 1. The van der Waals surface area contributed by atoms with Gasteiger partial charge in [-0.25, -0.2) is 13.2 Å². The highest BCUT2D eigenvalue weighted by molar-refractivity contribution is 7.88. The number of hydrogen-bond acceptors (Lipinski definition) is 4. The summed E-state index contributed by atoms with van der Waals surface area (Å²) in [6, 6.07) is 6.61. The first-order valence-corrected chi connectivity index (χ1v) is 10.8. The summed E-state index contributed by atoms with van der Waals surface area (Å²) in [5.41, 5.74) is 0.0663. The van der Waals surface area contributed by atoms with Gasteiger partial charge in [0.2, 0.25) is 10.0 Å². The van der Waals surface area contributed by atoms with Crippen molar-refractivity contribution in [2.24, 2.45) is 0 Å². The zero-order valence-corrected chi connectivity index (χ0v) is 17.1. The molecule has 1 aliphatic rings. The number of ether oxygens (including phenoxy) is 1. The van der Waals surface area contributed by atoms with E-state index in [-0.39, 0.29) is 18.3 Å². The molecule has 1 aromatic carbocycles. The largest absolute Gasteiger partial charge is 0.444 e. The molecule has 1 aliphatic heterocycles. The first kappa shape index (κ1) is 21.0. The molecule has 1 atom stereocenters. The van der Waals surface area contributed by atoms with Gasteiger partial charge < -0.3 is 10.1 Å². The first-order valence-electron chi connectivity index (χ1n) is 8.78. The zero-order chi connectivity index (χ0) is 19.4. The summed E-state index contributed by atoms with van der Waals surface area (Å²) >= 11 is 5.96. The lowest BCUT2D eigenvalue weighted by molar-refractivity contribution is 0.0512. The van der Waals surface area contributed by atoms with Gasteiger partial charge in [0.25, 0.3) is 0 Å². The molecule has 1 amide bonds. The van der Waals surface area contributed by atoms with Crippen molar-refractivity contribution < 1.29 is 17.9 Å². The minimum absolute atomic E-state index is 0.101. The van der Waals surface area contributed by atoms with Gasteiger partial charge in [-0.15, -0.1) is 0 Å². The third-order valence-electron chi connectivity index (χ3n) is 4.05. The van der Waals surface area contributed by atoms with Gasteiger partial charge in [-0.1, -0.05) is 30.2 Å². The predicted octanol–water partition coefficient (Wildman–Crippen LogP) is 3.55. The van der Waals surface area contributed by atoms with Crippen LogP contribution in [-0.4, -0.2) is 43.5 Å². The SMILES string of the molecule is CC(C)(C)OC(=O)NC[C@H]1CCCCN1S(=O)(=O)Cc1cccc(Cl)c1. The number of carbonyl (C=O) groups is 1. The number of benzene rings is 1. The smallest absolute Gasteiger partial charge is 0.407 e. The average molecular weight is 403 g/mol. The maximum Gasteiger partial charge on any atom is 0.407 e. The number of halogens is 1. The van der Waals surface area contributed by atoms with Gasteiger partial charge >= 0.3 is 6.09 Å². The van der Waals surface area contributed by atoms with Crippen LogP contribution in [0.3, 0.4) is 0 Å². The van der Waals surface area contributed by atoms with Crippen molar-refractivity contribution in [3.8, 4) is 0 Å². The number of hydrogen-bond donors (Lipinski definition) is 1. The zero-order valence-electron chi connectivity index (χ0n) is 15.5. The Balaban J connectivity index is 2.03. The summed E-state index contributed by atoms with van der Waals surface area (Å²) in [4.78, 5) is 11.9. The molecule has 0 radical (unpaired) electrons. The van der Waals surface area contributed by atoms with Crippen LogP contribution in [0.15, 0.2) is 24.3 Å². The summed E-state index contributed by atoms with van der Waals surface area (Å²) in [6.07, 6.45) is 1.93. The van der Waals surface area contributed by atoms with Gasteiger partial charge in [0.1, 0.15) is 5.60 Å². The summed E-state index contributed by atoms with van der Waals surface area (Å²) in [6.45, 7) is 6.06. The van der Waals surface area contributed by atoms with Gasteiger partial charge in [0, 0.05) is 24.2 Å². The lowest BCUT2D eigenvalue weighted by Gasteiger charge is -2.35. The average Bonchev–Trinajstić information content (AvgIpc) is 2.51. The Hall–Kier alpha value is -1.31. The van der Waals surface area contributed by atoms with E-state index >= 15 is 0 Å². The van der Waals surface area contributed by atoms with Crippen molar-refractivity contribution in [2.45, 2.75) is 57.4 Å². The Kier molecular flexibility index (Phi) is 6.93. The van der Waals surface area contributed by atoms with E-state index in [0.717, 1.165) is 12.8 Å². The molecular formula is C18H27ClN2O4S. The second kappa shape index (κ2) is 8.59. The standard InChI is InChI=1S/C18H27ClN2O4S/c1-18(2,3)25-17(22)20-12-16-9-4-5-10-21(16)26(23,24)13-14-7-6-8-15(19)11-14/h6-8,11,16H,4-5,9-10,12-13H2,1-3H3,(H,20,22)/t16-/m1/s1. The highest BCUT2D eigenvalue weighted by Crippen LogP contribution is 2.23. The Morgan fingerprint density at radius 1 is 1.35 bits per heavy atom. The van der Waals surface area contributed by atoms with E-state index in [1.165, 1.54) is 4.31 Å². The van der Waals surface area contributed by atoms with E-state index in [4.69, 9.17) is 16.3 Å². The minimum Gasteiger partial charge on any atom is -0.444 e. The van der Waals surface area contributed by atoms with Gasteiger partial charge in [-0.2, -0.15) is 4.31 Å².